The summed E-state index contributed by atoms with van der Waals surface area (Å²) < 4.78 is 12.9. The Kier molecular flexibility index (Phi) is 11.5. The molecule has 0 aliphatic rings. The Hall–Kier alpha value is -1.87. The molecular formula is C20H25ClFIN4O. The minimum Gasteiger partial charge on any atom is -0.357 e. The predicted octanol–water partition coefficient (Wildman–Crippen LogP) is 3.51. The lowest BCUT2D eigenvalue weighted by Gasteiger charge is -2.12. The van der Waals surface area contributed by atoms with Gasteiger partial charge in [0.1, 0.15) is 5.82 Å². The predicted molar refractivity (Wildman–Crippen MR) is 123 cm³/mol. The molecule has 5 nitrogen and oxygen atoms in total. The van der Waals surface area contributed by atoms with Gasteiger partial charge in [0, 0.05) is 24.7 Å². The molecule has 0 aliphatic carbocycles. The quantitative estimate of drug-likeness (QED) is 0.217. The molecule has 0 spiro atoms. The zero-order chi connectivity index (χ0) is 19.5. The van der Waals surface area contributed by atoms with Gasteiger partial charge in [0.25, 0.3) is 0 Å². The molecule has 0 atom stereocenters. The van der Waals surface area contributed by atoms with E-state index < -0.39 is 0 Å². The first-order chi connectivity index (χ1) is 13.1. The summed E-state index contributed by atoms with van der Waals surface area (Å²) in [6.07, 6.45) is 0.225. The van der Waals surface area contributed by atoms with Crippen LogP contribution in [0.5, 0.6) is 0 Å². The Bertz CT molecular complexity index is 771. The molecule has 8 heteroatoms. The van der Waals surface area contributed by atoms with Crippen LogP contribution in [0.15, 0.2) is 53.5 Å². The van der Waals surface area contributed by atoms with Crippen LogP contribution in [0.2, 0.25) is 5.02 Å². The zero-order valence-corrected chi connectivity index (χ0v) is 18.8. The molecule has 152 valence electrons. The molecule has 1 amide bonds. The molecule has 2 rings (SSSR count). The van der Waals surface area contributed by atoms with Crippen LogP contribution in [0.25, 0.3) is 0 Å². The van der Waals surface area contributed by atoms with Gasteiger partial charge >= 0.3 is 0 Å². The highest BCUT2D eigenvalue weighted by atomic mass is 127. The van der Waals surface area contributed by atoms with Crippen molar-refractivity contribution in [2.45, 2.75) is 19.9 Å². The maximum atomic E-state index is 12.9. The number of hydrogen-bond donors (Lipinski definition) is 3. The summed E-state index contributed by atoms with van der Waals surface area (Å²) in [6, 6.07) is 13.5. The van der Waals surface area contributed by atoms with Gasteiger partial charge in [-0.1, -0.05) is 35.9 Å². The molecule has 28 heavy (non-hydrogen) atoms. The molecule has 0 aromatic heterocycles. The molecule has 2 aromatic carbocycles. The summed E-state index contributed by atoms with van der Waals surface area (Å²) in [5.41, 5.74) is 1.80. The van der Waals surface area contributed by atoms with E-state index in [1.165, 1.54) is 12.1 Å². The molecule has 0 saturated heterocycles. The minimum atomic E-state index is -0.309. The smallest absolute Gasteiger partial charge is 0.224 e. The number of carbonyl (C=O) groups is 1. The highest BCUT2D eigenvalue weighted by Gasteiger charge is 2.04. The third-order valence-electron chi connectivity index (χ3n) is 3.67. The Morgan fingerprint density at radius 3 is 2.43 bits per heavy atom. The molecule has 0 aliphatic heterocycles. The Balaban J connectivity index is 0.00000392. The van der Waals surface area contributed by atoms with Gasteiger partial charge in [0.15, 0.2) is 5.96 Å². The number of halogens is 3. The first kappa shape index (κ1) is 24.2. The zero-order valence-electron chi connectivity index (χ0n) is 15.7. The van der Waals surface area contributed by atoms with Gasteiger partial charge < -0.3 is 16.0 Å². The van der Waals surface area contributed by atoms with E-state index in [4.69, 9.17) is 11.6 Å². The van der Waals surface area contributed by atoms with E-state index in [2.05, 4.69) is 20.9 Å². The largest absolute Gasteiger partial charge is 0.357 e. The van der Waals surface area contributed by atoms with Crippen LogP contribution >= 0.6 is 35.6 Å². The average Bonchev–Trinajstić information content (AvgIpc) is 2.65. The van der Waals surface area contributed by atoms with Gasteiger partial charge in [0.05, 0.1) is 13.0 Å². The van der Waals surface area contributed by atoms with Crippen molar-refractivity contribution in [2.75, 3.05) is 19.6 Å². The lowest BCUT2D eigenvalue weighted by molar-refractivity contribution is -0.120. The monoisotopic (exact) mass is 518 g/mol. The number of nitrogens with one attached hydrogen (secondary N) is 3. The second-order valence-corrected chi connectivity index (χ2v) is 6.34. The van der Waals surface area contributed by atoms with E-state index in [1.807, 2.05) is 31.2 Å². The maximum absolute atomic E-state index is 12.9. The number of hydrogen-bond acceptors (Lipinski definition) is 2. The van der Waals surface area contributed by atoms with E-state index in [9.17, 15) is 9.18 Å². The Morgan fingerprint density at radius 1 is 1.04 bits per heavy atom. The molecule has 0 radical (unpaired) electrons. The number of rotatable bonds is 8. The van der Waals surface area contributed by atoms with E-state index in [-0.39, 0.29) is 42.1 Å². The summed E-state index contributed by atoms with van der Waals surface area (Å²) in [5, 5.41) is 9.85. The third-order valence-corrected chi connectivity index (χ3v) is 3.91. The lowest BCUT2D eigenvalue weighted by Crippen LogP contribution is -2.41. The second-order valence-electron chi connectivity index (χ2n) is 5.91. The van der Waals surface area contributed by atoms with E-state index in [0.717, 1.165) is 17.7 Å². The highest BCUT2D eigenvalue weighted by molar-refractivity contribution is 14.0. The molecule has 0 unspecified atom stereocenters. The van der Waals surface area contributed by atoms with Crippen LogP contribution in [0.4, 0.5) is 4.39 Å². The van der Waals surface area contributed by atoms with Crippen molar-refractivity contribution in [3.05, 3.63) is 70.5 Å². The number of nitrogens with zero attached hydrogens (tertiary/aromatic N) is 1. The lowest BCUT2D eigenvalue weighted by atomic mass is 10.1. The molecule has 0 bridgehead atoms. The van der Waals surface area contributed by atoms with Gasteiger partial charge in [-0.15, -0.1) is 24.0 Å². The summed E-state index contributed by atoms with van der Waals surface area (Å²) in [6.45, 7) is 4.23. The van der Waals surface area contributed by atoms with E-state index >= 15 is 0 Å². The Labute approximate surface area is 187 Å². The molecule has 0 saturated carbocycles. The first-order valence-electron chi connectivity index (χ1n) is 8.84. The molecule has 0 fully saturated rings. The average molecular weight is 519 g/mol. The van der Waals surface area contributed by atoms with Crippen LogP contribution in [0, 0.1) is 5.82 Å². The van der Waals surface area contributed by atoms with Crippen LogP contribution in [-0.2, 0) is 17.8 Å². The van der Waals surface area contributed by atoms with Gasteiger partial charge in [-0.05, 0) is 42.3 Å². The van der Waals surface area contributed by atoms with Crippen LogP contribution in [0.3, 0.4) is 0 Å². The van der Waals surface area contributed by atoms with Crippen LogP contribution in [-0.4, -0.2) is 31.5 Å². The van der Waals surface area contributed by atoms with Crippen molar-refractivity contribution in [1.82, 2.24) is 16.0 Å². The van der Waals surface area contributed by atoms with Crippen molar-refractivity contribution in [2.24, 2.45) is 4.99 Å². The highest BCUT2D eigenvalue weighted by Crippen LogP contribution is 2.11. The second kappa shape index (κ2) is 13.3. The summed E-state index contributed by atoms with van der Waals surface area (Å²) in [4.78, 5) is 16.4. The molecule has 3 N–H and O–H groups in total. The number of carbonyl (C=O) groups excluding carboxylic acids is 1. The van der Waals surface area contributed by atoms with Crippen molar-refractivity contribution in [1.29, 1.82) is 0 Å². The van der Waals surface area contributed by atoms with Gasteiger partial charge in [0.2, 0.25) is 5.91 Å². The SMILES string of the molecule is CCNC(=NCc1cccc(Cl)c1)NCCNC(=O)Cc1ccc(F)cc1.I. The van der Waals surface area contributed by atoms with E-state index in [0.29, 0.717) is 30.6 Å². The fourth-order valence-electron chi connectivity index (χ4n) is 2.38. The standard InChI is InChI=1S/C20H24ClFN4O.HI/c1-2-23-20(26-14-16-4-3-5-17(21)12-16)25-11-10-24-19(27)13-15-6-8-18(22)9-7-15;/h3-9,12H,2,10-11,13-14H2,1H3,(H,24,27)(H2,23,25,26);1H. The van der Waals surface area contributed by atoms with Crippen molar-refractivity contribution in [3.63, 3.8) is 0 Å². The summed E-state index contributed by atoms with van der Waals surface area (Å²) >= 11 is 5.98. The van der Waals surface area contributed by atoms with Crippen molar-refractivity contribution in [3.8, 4) is 0 Å². The fraction of sp³-hybridized carbons (Fsp3) is 0.300. The first-order valence-corrected chi connectivity index (χ1v) is 9.22. The molecule has 2 aromatic rings. The van der Waals surface area contributed by atoms with Gasteiger partial charge in [-0.2, -0.15) is 0 Å². The van der Waals surface area contributed by atoms with E-state index in [1.54, 1.807) is 12.1 Å². The van der Waals surface area contributed by atoms with Gasteiger partial charge in [-0.3, -0.25) is 4.79 Å². The third kappa shape index (κ3) is 9.36. The number of aliphatic imine (C=N–C) groups is 1. The van der Waals surface area contributed by atoms with Crippen LogP contribution in [0.1, 0.15) is 18.1 Å². The fourth-order valence-corrected chi connectivity index (χ4v) is 2.59. The number of benzene rings is 2. The van der Waals surface area contributed by atoms with Crippen molar-refractivity contribution < 1.29 is 9.18 Å². The summed E-state index contributed by atoms with van der Waals surface area (Å²) in [7, 11) is 0. The number of amides is 1. The number of guanidine groups is 1. The van der Waals surface area contributed by atoms with Crippen LogP contribution < -0.4 is 16.0 Å². The Morgan fingerprint density at radius 2 is 1.75 bits per heavy atom. The summed E-state index contributed by atoms with van der Waals surface area (Å²) in [5.74, 6) is 0.255. The normalized spacial score (nSPS) is 10.8. The van der Waals surface area contributed by atoms with Gasteiger partial charge in [-0.25, -0.2) is 9.38 Å². The minimum absolute atomic E-state index is 0. The molecule has 0 heterocycles. The maximum Gasteiger partial charge on any atom is 0.224 e. The van der Waals surface area contributed by atoms with Crippen molar-refractivity contribution >= 4 is 47.4 Å². The molecular weight excluding hydrogens is 494 g/mol. The topological polar surface area (TPSA) is 65.5 Å².